The van der Waals surface area contributed by atoms with Crippen LogP contribution >= 0.6 is 23.2 Å². The van der Waals surface area contributed by atoms with E-state index in [4.69, 9.17) is 27.9 Å². The maximum absolute atomic E-state index is 12.6. The molecule has 102 valence electrons. The van der Waals surface area contributed by atoms with E-state index in [-0.39, 0.29) is 17.3 Å². The Labute approximate surface area is 123 Å². The van der Waals surface area contributed by atoms with Crippen molar-refractivity contribution >= 4 is 29.0 Å². The zero-order valence-electron chi connectivity index (χ0n) is 10.6. The minimum absolute atomic E-state index is 0.0164. The van der Waals surface area contributed by atoms with E-state index in [9.17, 15) is 4.79 Å². The Morgan fingerprint density at radius 3 is 2.74 bits per heavy atom. The molecule has 1 unspecified atom stereocenters. The lowest BCUT2D eigenvalue weighted by Gasteiger charge is -2.46. The second-order valence-corrected chi connectivity index (χ2v) is 6.41. The summed E-state index contributed by atoms with van der Waals surface area (Å²) in [6, 6.07) is 5.09. The predicted octanol–water partition coefficient (Wildman–Crippen LogP) is 4.53. The summed E-state index contributed by atoms with van der Waals surface area (Å²) in [4.78, 5) is 12.6. The van der Waals surface area contributed by atoms with Gasteiger partial charge in [0.05, 0.1) is 10.6 Å². The van der Waals surface area contributed by atoms with Crippen LogP contribution in [-0.4, -0.2) is 18.0 Å². The van der Waals surface area contributed by atoms with Crippen LogP contribution in [0, 0.1) is 5.92 Å². The quantitative estimate of drug-likeness (QED) is 0.750. The average Bonchev–Trinajstić information content (AvgIpc) is 2.36. The number of ketones is 1. The van der Waals surface area contributed by atoms with Crippen LogP contribution in [0.3, 0.4) is 0 Å². The molecule has 0 radical (unpaired) electrons. The molecule has 2 fully saturated rings. The van der Waals surface area contributed by atoms with E-state index in [1.165, 1.54) is 6.42 Å². The number of hydrogen-bond acceptors (Lipinski definition) is 2. The minimum Gasteiger partial charge on any atom is -0.375 e. The molecule has 1 saturated carbocycles. The number of halogens is 2. The van der Waals surface area contributed by atoms with Crippen molar-refractivity contribution in [3.63, 3.8) is 0 Å². The Balaban J connectivity index is 1.79. The molecule has 1 aromatic rings. The summed E-state index contributed by atoms with van der Waals surface area (Å²) in [7, 11) is 0. The lowest BCUT2D eigenvalue weighted by Crippen LogP contribution is -2.47. The molecule has 0 amide bonds. The van der Waals surface area contributed by atoms with Crippen LogP contribution < -0.4 is 0 Å². The topological polar surface area (TPSA) is 26.3 Å². The van der Waals surface area contributed by atoms with E-state index in [2.05, 4.69) is 0 Å². The molecular formula is C15H16Cl2O2. The minimum atomic E-state index is -0.0164. The van der Waals surface area contributed by atoms with Crippen molar-refractivity contribution in [3.8, 4) is 0 Å². The van der Waals surface area contributed by atoms with Crippen molar-refractivity contribution < 1.29 is 9.53 Å². The molecule has 1 aliphatic carbocycles. The molecule has 1 saturated heterocycles. The van der Waals surface area contributed by atoms with E-state index in [0.29, 0.717) is 22.2 Å². The zero-order chi connectivity index (χ0) is 13.5. The lowest BCUT2D eigenvalue weighted by molar-refractivity contribution is -0.137. The lowest BCUT2D eigenvalue weighted by atomic mass is 9.70. The third kappa shape index (κ3) is 2.54. The SMILES string of the molecule is O=C(c1ccc(Cl)cc1Cl)C1CCOC2(CCC2)C1. The summed E-state index contributed by atoms with van der Waals surface area (Å²) in [5.74, 6) is 0.170. The van der Waals surface area contributed by atoms with Gasteiger partial charge in [-0.15, -0.1) is 0 Å². The fourth-order valence-corrected chi connectivity index (χ4v) is 3.58. The standard InChI is InChI=1S/C15H16Cl2O2/c16-11-2-3-12(13(17)8-11)14(18)10-4-7-19-15(9-10)5-1-6-15/h2-3,8,10H,1,4-7,9H2. The van der Waals surface area contributed by atoms with Crippen molar-refractivity contribution in [1.82, 2.24) is 0 Å². The summed E-state index contributed by atoms with van der Waals surface area (Å²) in [6.45, 7) is 0.682. The average molecular weight is 299 g/mol. The predicted molar refractivity (Wildman–Crippen MR) is 76.1 cm³/mol. The molecule has 1 spiro atoms. The van der Waals surface area contributed by atoms with Gasteiger partial charge in [-0.3, -0.25) is 4.79 Å². The molecule has 2 aliphatic rings. The van der Waals surface area contributed by atoms with Crippen molar-refractivity contribution in [1.29, 1.82) is 0 Å². The van der Waals surface area contributed by atoms with Crippen LogP contribution in [0.4, 0.5) is 0 Å². The highest BCUT2D eigenvalue weighted by atomic mass is 35.5. The molecular weight excluding hydrogens is 283 g/mol. The first-order valence-corrected chi connectivity index (χ1v) is 7.48. The van der Waals surface area contributed by atoms with Crippen molar-refractivity contribution in [3.05, 3.63) is 33.8 Å². The third-order valence-corrected chi connectivity index (χ3v) is 4.87. The first kappa shape index (κ1) is 13.4. The Morgan fingerprint density at radius 2 is 2.11 bits per heavy atom. The molecule has 2 nitrogen and oxygen atoms in total. The van der Waals surface area contributed by atoms with Gasteiger partial charge < -0.3 is 4.74 Å². The molecule has 0 N–H and O–H groups in total. The molecule has 19 heavy (non-hydrogen) atoms. The van der Waals surface area contributed by atoms with Gasteiger partial charge in [-0.2, -0.15) is 0 Å². The summed E-state index contributed by atoms with van der Waals surface area (Å²) >= 11 is 12.0. The molecule has 0 bridgehead atoms. The van der Waals surface area contributed by atoms with Crippen LogP contribution in [0.1, 0.15) is 42.5 Å². The molecule has 1 aliphatic heterocycles. The van der Waals surface area contributed by atoms with Gasteiger partial charge in [-0.25, -0.2) is 0 Å². The molecule has 1 aromatic carbocycles. The maximum Gasteiger partial charge on any atom is 0.167 e. The number of ether oxygens (including phenoxy) is 1. The Kier molecular flexibility index (Phi) is 3.59. The van der Waals surface area contributed by atoms with E-state index < -0.39 is 0 Å². The molecule has 4 heteroatoms. The van der Waals surface area contributed by atoms with E-state index in [1.807, 2.05) is 0 Å². The largest absolute Gasteiger partial charge is 0.375 e. The number of hydrogen-bond donors (Lipinski definition) is 0. The summed E-state index contributed by atoms with van der Waals surface area (Å²) in [6.07, 6.45) is 5.02. The van der Waals surface area contributed by atoms with Gasteiger partial charge in [-0.05, 0) is 50.3 Å². The molecule has 1 atom stereocenters. The number of rotatable bonds is 2. The second kappa shape index (κ2) is 5.08. The van der Waals surface area contributed by atoms with Crippen LogP contribution in [-0.2, 0) is 4.74 Å². The Hall–Kier alpha value is -0.570. The Bertz CT molecular complexity index is 509. The molecule has 3 rings (SSSR count). The van der Waals surface area contributed by atoms with Crippen molar-refractivity contribution in [2.24, 2.45) is 5.92 Å². The number of carbonyl (C=O) groups excluding carboxylic acids is 1. The zero-order valence-corrected chi connectivity index (χ0v) is 12.1. The van der Waals surface area contributed by atoms with Crippen LogP contribution in [0.5, 0.6) is 0 Å². The summed E-state index contributed by atoms with van der Waals surface area (Å²) < 4.78 is 5.86. The van der Waals surface area contributed by atoms with Gasteiger partial charge in [0.1, 0.15) is 0 Å². The fourth-order valence-electron chi connectivity index (χ4n) is 3.08. The van der Waals surface area contributed by atoms with Gasteiger partial charge in [0, 0.05) is 23.1 Å². The first-order chi connectivity index (χ1) is 9.10. The van der Waals surface area contributed by atoms with Gasteiger partial charge in [0.15, 0.2) is 5.78 Å². The highest BCUT2D eigenvalue weighted by Gasteiger charge is 2.44. The highest BCUT2D eigenvalue weighted by molar-refractivity contribution is 6.36. The maximum atomic E-state index is 12.6. The van der Waals surface area contributed by atoms with Gasteiger partial charge in [-0.1, -0.05) is 23.2 Å². The highest BCUT2D eigenvalue weighted by Crippen LogP contribution is 2.45. The van der Waals surface area contributed by atoms with E-state index in [1.54, 1.807) is 18.2 Å². The number of carbonyl (C=O) groups is 1. The van der Waals surface area contributed by atoms with Gasteiger partial charge in [0.2, 0.25) is 0 Å². The normalized spacial score (nSPS) is 25.1. The van der Waals surface area contributed by atoms with E-state index >= 15 is 0 Å². The molecule has 1 heterocycles. The number of benzene rings is 1. The van der Waals surface area contributed by atoms with E-state index in [0.717, 1.165) is 25.7 Å². The summed E-state index contributed by atoms with van der Waals surface area (Å²) in [5, 5.41) is 1.01. The third-order valence-electron chi connectivity index (χ3n) is 4.33. The first-order valence-electron chi connectivity index (χ1n) is 6.73. The van der Waals surface area contributed by atoms with Gasteiger partial charge in [0.25, 0.3) is 0 Å². The molecule has 0 aromatic heterocycles. The van der Waals surface area contributed by atoms with Crippen LogP contribution in [0.2, 0.25) is 10.0 Å². The van der Waals surface area contributed by atoms with Crippen molar-refractivity contribution in [2.75, 3.05) is 6.61 Å². The van der Waals surface area contributed by atoms with Crippen LogP contribution in [0.25, 0.3) is 0 Å². The Morgan fingerprint density at radius 1 is 1.32 bits per heavy atom. The monoisotopic (exact) mass is 298 g/mol. The van der Waals surface area contributed by atoms with Crippen LogP contribution in [0.15, 0.2) is 18.2 Å². The smallest absolute Gasteiger partial charge is 0.167 e. The number of Topliss-reactive ketones (excluding diaryl/α,β-unsaturated/α-hetero) is 1. The van der Waals surface area contributed by atoms with Crippen molar-refractivity contribution in [2.45, 2.75) is 37.7 Å². The summed E-state index contributed by atoms with van der Waals surface area (Å²) in [5.41, 5.74) is 0.574. The van der Waals surface area contributed by atoms with Gasteiger partial charge >= 0.3 is 0 Å². The second-order valence-electron chi connectivity index (χ2n) is 5.56. The fraction of sp³-hybridized carbons (Fsp3) is 0.533.